The molecule has 1 aliphatic rings. The minimum atomic E-state index is -1.37. The number of rotatable bonds is 0. The van der Waals surface area contributed by atoms with Crippen LogP contribution in [-0.4, -0.2) is 10.2 Å². The molecule has 0 unspecified atom stereocenters. The van der Waals surface area contributed by atoms with Crippen LogP contribution < -0.4 is 0 Å². The van der Waals surface area contributed by atoms with Crippen molar-refractivity contribution in [1.29, 1.82) is 0 Å². The van der Waals surface area contributed by atoms with Gasteiger partial charge in [-0.1, -0.05) is 11.6 Å². The molecule has 0 aromatic carbocycles. The lowest BCUT2D eigenvalue weighted by Crippen LogP contribution is -2.17. The van der Waals surface area contributed by atoms with E-state index in [1.54, 1.807) is 0 Å². The Morgan fingerprint density at radius 2 is 2.44 bits per heavy atom. The van der Waals surface area contributed by atoms with Crippen LogP contribution in [0, 0.1) is 0 Å². The molecule has 1 aliphatic carbocycles. The van der Waals surface area contributed by atoms with Gasteiger partial charge in [0.2, 0.25) is 0 Å². The molecular weight excluding hydrogens is 143 g/mol. The topological polar surface area (TPSA) is 20.2 Å². The summed E-state index contributed by atoms with van der Waals surface area (Å²) in [7, 11) is 0. The van der Waals surface area contributed by atoms with Crippen LogP contribution in [-0.2, 0) is 0 Å². The average Bonchev–Trinajstić information content (AvgIpc) is 1.78. The third-order valence-electron chi connectivity index (χ3n) is 1.08. The summed E-state index contributed by atoms with van der Waals surface area (Å²) in [5.41, 5.74) is 0. The molecular formula is C6H6ClFO. The fourth-order valence-corrected chi connectivity index (χ4v) is 0.724. The van der Waals surface area contributed by atoms with Crippen molar-refractivity contribution in [3.05, 3.63) is 24.1 Å². The van der Waals surface area contributed by atoms with Gasteiger partial charge in [-0.05, 0) is 18.2 Å². The van der Waals surface area contributed by atoms with Gasteiger partial charge < -0.3 is 5.11 Å². The highest BCUT2D eigenvalue weighted by Crippen LogP contribution is 2.24. The van der Waals surface area contributed by atoms with Gasteiger partial charge in [0.25, 0.3) is 0 Å². The highest BCUT2D eigenvalue weighted by molar-refractivity contribution is 6.24. The van der Waals surface area contributed by atoms with Crippen LogP contribution in [0.15, 0.2) is 24.1 Å². The Balaban J connectivity index is 2.70. The lowest BCUT2D eigenvalue weighted by Gasteiger charge is -2.15. The number of hydrogen-bond acceptors (Lipinski definition) is 1. The lowest BCUT2D eigenvalue weighted by atomic mass is 10.1. The smallest absolute Gasteiger partial charge is 0.161 e. The monoisotopic (exact) mass is 148 g/mol. The molecule has 0 fully saturated rings. The Kier molecular flexibility index (Phi) is 1.60. The van der Waals surface area contributed by atoms with Gasteiger partial charge in [0.15, 0.2) is 5.06 Å². The summed E-state index contributed by atoms with van der Waals surface area (Å²) < 4.78 is 12.1. The quantitative estimate of drug-likeness (QED) is 0.519. The molecule has 1 N–H and O–H groups in total. The van der Waals surface area contributed by atoms with Crippen LogP contribution in [0.4, 0.5) is 4.39 Å². The van der Waals surface area contributed by atoms with Gasteiger partial charge in [0, 0.05) is 6.42 Å². The van der Waals surface area contributed by atoms with Gasteiger partial charge in [-0.2, -0.15) is 0 Å². The molecule has 3 heteroatoms. The fraction of sp³-hybridized carbons (Fsp3) is 0.333. The highest BCUT2D eigenvalue weighted by Gasteiger charge is 2.20. The van der Waals surface area contributed by atoms with Crippen LogP contribution in [0.2, 0.25) is 0 Å². The van der Waals surface area contributed by atoms with Crippen LogP contribution in [0.3, 0.4) is 0 Å². The fourth-order valence-electron chi connectivity index (χ4n) is 0.584. The minimum absolute atomic E-state index is 0.136. The second kappa shape index (κ2) is 2.12. The van der Waals surface area contributed by atoms with Gasteiger partial charge in [-0.15, -0.1) is 0 Å². The van der Waals surface area contributed by atoms with Crippen LogP contribution in [0.5, 0.6) is 0 Å². The third kappa shape index (κ3) is 1.80. The van der Waals surface area contributed by atoms with E-state index in [9.17, 15) is 4.39 Å². The first-order valence-corrected chi connectivity index (χ1v) is 2.94. The van der Waals surface area contributed by atoms with Crippen molar-refractivity contribution < 1.29 is 9.50 Å². The van der Waals surface area contributed by atoms with E-state index in [0.717, 1.165) is 6.08 Å². The normalized spacial score (nSPS) is 34.3. The number of allylic oxidation sites excluding steroid dienone is 2. The summed E-state index contributed by atoms with van der Waals surface area (Å²) in [5, 5.41) is 7.59. The molecule has 0 saturated heterocycles. The first-order chi connectivity index (χ1) is 4.10. The number of hydrogen-bond donors (Lipinski definition) is 1. The molecule has 0 radical (unpaired) electrons. The molecule has 50 valence electrons. The number of aliphatic hydroxyl groups is 1. The molecule has 1 atom stereocenters. The molecule has 1 nitrogen and oxygen atoms in total. The molecule has 0 aromatic heterocycles. The molecule has 0 aromatic rings. The number of alkyl halides is 1. The predicted molar refractivity (Wildman–Crippen MR) is 33.8 cm³/mol. The van der Waals surface area contributed by atoms with E-state index in [-0.39, 0.29) is 12.2 Å². The van der Waals surface area contributed by atoms with E-state index in [2.05, 4.69) is 0 Å². The molecule has 0 bridgehead atoms. The minimum Gasteiger partial charge on any atom is -0.371 e. The van der Waals surface area contributed by atoms with Gasteiger partial charge in [-0.25, -0.2) is 4.39 Å². The molecule has 0 saturated carbocycles. The van der Waals surface area contributed by atoms with Crippen molar-refractivity contribution in [1.82, 2.24) is 0 Å². The first-order valence-electron chi connectivity index (χ1n) is 2.56. The van der Waals surface area contributed by atoms with Gasteiger partial charge in [-0.3, -0.25) is 0 Å². The lowest BCUT2D eigenvalue weighted by molar-refractivity contribution is 0.180. The summed E-state index contributed by atoms with van der Waals surface area (Å²) >= 11 is 5.39. The molecule has 0 spiro atoms. The molecule has 9 heavy (non-hydrogen) atoms. The van der Waals surface area contributed by atoms with Crippen molar-refractivity contribution in [2.45, 2.75) is 11.5 Å². The Labute approximate surface area is 57.4 Å². The summed E-state index contributed by atoms with van der Waals surface area (Å²) in [6.45, 7) is 0. The SMILES string of the molecule is O[C@@]1(Cl)C=CC(F)=CC1. The van der Waals surface area contributed by atoms with Crippen molar-refractivity contribution >= 4 is 11.6 Å². The van der Waals surface area contributed by atoms with Gasteiger partial charge in [0.1, 0.15) is 5.83 Å². The van der Waals surface area contributed by atoms with Crippen molar-refractivity contribution in [2.75, 3.05) is 0 Å². The Hall–Kier alpha value is -0.340. The second-order valence-electron chi connectivity index (χ2n) is 1.95. The maximum atomic E-state index is 12.1. The van der Waals surface area contributed by atoms with Crippen molar-refractivity contribution in [3.8, 4) is 0 Å². The Bertz CT molecular complexity index is 172. The molecule has 0 amide bonds. The van der Waals surface area contributed by atoms with Gasteiger partial charge in [0.05, 0.1) is 0 Å². The van der Waals surface area contributed by atoms with Crippen molar-refractivity contribution in [3.63, 3.8) is 0 Å². The summed E-state index contributed by atoms with van der Waals surface area (Å²) in [6, 6.07) is 0. The molecule has 0 heterocycles. The van der Waals surface area contributed by atoms with Crippen LogP contribution in [0.1, 0.15) is 6.42 Å². The Morgan fingerprint density at radius 3 is 2.78 bits per heavy atom. The first kappa shape index (κ1) is 6.78. The zero-order chi connectivity index (χ0) is 6.91. The number of halogens is 2. The largest absolute Gasteiger partial charge is 0.371 e. The molecule has 1 rings (SSSR count). The van der Waals surface area contributed by atoms with E-state index < -0.39 is 5.06 Å². The standard InChI is InChI=1S/C6H6ClFO/c7-6(9)3-1-5(8)2-4-6/h1-3,9H,4H2/t6-/m0/s1. The van der Waals surface area contributed by atoms with E-state index in [4.69, 9.17) is 16.7 Å². The van der Waals surface area contributed by atoms with Crippen LogP contribution in [0.25, 0.3) is 0 Å². The van der Waals surface area contributed by atoms with E-state index in [1.807, 2.05) is 0 Å². The van der Waals surface area contributed by atoms with E-state index in [0.29, 0.717) is 0 Å². The summed E-state index contributed by atoms with van der Waals surface area (Å²) in [5.74, 6) is -0.347. The zero-order valence-corrected chi connectivity index (χ0v) is 5.40. The van der Waals surface area contributed by atoms with E-state index >= 15 is 0 Å². The average molecular weight is 149 g/mol. The molecule has 0 aliphatic heterocycles. The van der Waals surface area contributed by atoms with Crippen LogP contribution >= 0.6 is 11.6 Å². The maximum absolute atomic E-state index is 12.1. The zero-order valence-electron chi connectivity index (χ0n) is 4.64. The summed E-state index contributed by atoms with van der Waals surface area (Å²) in [6.07, 6.45) is 3.75. The van der Waals surface area contributed by atoms with Crippen molar-refractivity contribution in [2.24, 2.45) is 0 Å². The summed E-state index contributed by atoms with van der Waals surface area (Å²) in [4.78, 5) is 0. The highest BCUT2D eigenvalue weighted by atomic mass is 35.5. The Morgan fingerprint density at radius 1 is 1.78 bits per heavy atom. The second-order valence-corrected chi connectivity index (χ2v) is 2.60. The maximum Gasteiger partial charge on any atom is 0.161 e. The van der Waals surface area contributed by atoms with Gasteiger partial charge >= 0.3 is 0 Å². The predicted octanol–water partition coefficient (Wildman–Crippen LogP) is 1.73. The third-order valence-corrected chi connectivity index (χ3v) is 1.36. The van der Waals surface area contributed by atoms with E-state index in [1.165, 1.54) is 12.2 Å².